The average molecular weight is 366 g/mol. The fourth-order valence-corrected chi connectivity index (χ4v) is 2.70. The van der Waals surface area contributed by atoms with Crippen molar-refractivity contribution < 1.29 is 0 Å². The highest BCUT2D eigenvalue weighted by atomic mass is 79.9. The van der Waals surface area contributed by atoms with Crippen LogP contribution in [0.3, 0.4) is 0 Å². The van der Waals surface area contributed by atoms with Crippen molar-refractivity contribution in [2.75, 3.05) is 0 Å². The molecule has 90 valence electrons. The molecule has 0 atom stereocenters. The van der Waals surface area contributed by atoms with Gasteiger partial charge < -0.3 is 0 Å². The fraction of sp³-hybridized carbons (Fsp3) is 0.0714. The molecular formula is C14H10Br2N2. The molecule has 0 aliphatic heterocycles. The minimum absolute atomic E-state index is 0.991. The lowest BCUT2D eigenvalue weighted by molar-refractivity contribution is 1.00. The van der Waals surface area contributed by atoms with Crippen molar-refractivity contribution in [3.05, 3.63) is 57.2 Å². The third-order valence-corrected chi connectivity index (χ3v) is 3.89. The largest absolute Gasteiger partial charge is 0.297 e. The number of benzene rings is 2. The topological polar surface area (TPSA) is 17.8 Å². The van der Waals surface area contributed by atoms with Crippen molar-refractivity contribution in [1.82, 2.24) is 9.55 Å². The summed E-state index contributed by atoms with van der Waals surface area (Å²) < 4.78 is 4.29. The maximum atomic E-state index is 4.59. The van der Waals surface area contributed by atoms with Crippen LogP contribution < -0.4 is 0 Å². The van der Waals surface area contributed by atoms with Crippen LogP contribution in [-0.2, 0) is 0 Å². The Bertz CT molecular complexity index is 714. The van der Waals surface area contributed by atoms with Crippen LogP contribution in [0, 0.1) is 6.92 Å². The van der Waals surface area contributed by atoms with E-state index in [9.17, 15) is 0 Å². The van der Waals surface area contributed by atoms with Crippen molar-refractivity contribution in [3.8, 4) is 5.69 Å². The zero-order chi connectivity index (χ0) is 12.7. The van der Waals surface area contributed by atoms with Gasteiger partial charge in [-0.05, 0) is 49.4 Å². The molecule has 3 aromatic rings. The molecule has 0 aliphatic rings. The Morgan fingerprint density at radius 2 is 1.61 bits per heavy atom. The minimum atomic E-state index is 0.991. The van der Waals surface area contributed by atoms with Gasteiger partial charge in [-0.15, -0.1) is 0 Å². The molecule has 0 N–H and O–H groups in total. The van der Waals surface area contributed by atoms with Gasteiger partial charge in [0, 0.05) is 14.6 Å². The van der Waals surface area contributed by atoms with E-state index < -0.39 is 0 Å². The minimum Gasteiger partial charge on any atom is -0.297 e. The van der Waals surface area contributed by atoms with E-state index in [1.54, 1.807) is 0 Å². The summed E-state index contributed by atoms with van der Waals surface area (Å²) in [5.74, 6) is 0.991. The highest BCUT2D eigenvalue weighted by Gasteiger charge is 2.09. The fourth-order valence-electron chi connectivity index (χ4n) is 2.09. The number of imidazole rings is 1. The molecule has 4 heteroatoms. The second-order valence-electron chi connectivity index (χ2n) is 4.10. The standard InChI is InChI=1S/C14H10Br2N2/c1-9-17-13-8-11(16)4-7-14(13)18(9)12-5-2-10(15)3-6-12/h2-8H,1H3. The van der Waals surface area contributed by atoms with Crippen LogP contribution in [-0.4, -0.2) is 9.55 Å². The van der Waals surface area contributed by atoms with Gasteiger partial charge in [0.05, 0.1) is 11.0 Å². The SMILES string of the molecule is Cc1nc2cc(Br)ccc2n1-c1ccc(Br)cc1. The number of halogens is 2. The average Bonchev–Trinajstić information content (AvgIpc) is 2.65. The van der Waals surface area contributed by atoms with E-state index in [1.165, 1.54) is 0 Å². The molecule has 0 saturated heterocycles. The second-order valence-corrected chi connectivity index (χ2v) is 5.94. The number of aromatic nitrogens is 2. The molecular weight excluding hydrogens is 356 g/mol. The summed E-state index contributed by atoms with van der Waals surface area (Å²) in [5.41, 5.74) is 3.25. The molecule has 0 aliphatic carbocycles. The summed E-state index contributed by atoms with van der Waals surface area (Å²) >= 11 is 6.93. The Hall–Kier alpha value is -1.13. The van der Waals surface area contributed by atoms with Gasteiger partial charge in [0.1, 0.15) is 5.82 Å². The smallest absolute Gasteiger partial charge is 0.111 e. The molecule has 0 spiro atoms. The molecule has 0 radical (unpaired) electrons. The lowest BCUT2D eigenvalue weighted by Crippen LogP contribution is -1.96. The van der Waals surface area contributed by atoms with Gasteiger partial charge >= 0.3 is 0 Å². The molecule has 0 fully saturated rings. The Labute approximate surface area is 122 Å². The van der Waals surface area contributed by atoms with E-state index >= 15 is 0 Å². The first-order valence-corrected chi connectivity index (χ1v) is 7.14. The van der Waals surface area contributed by atoms with Crippen molar-refractivity contribution in [3.63, 3.8) is 0 Å². The quantitative estimate of drug-likeness (QED) is 0.602. The lowest BCUT2D eigenvalue weighted by Gasteiger charge is -2.06. The molecule has 0 unspecified atom stereocenters. The van der Waals surface area contributed by atoms with Gasteiger partial charge in [-0.3, -0.25) is 4.57 Å². The molecule has 18 heavy (non-hydrogen) atoms. The molecule has 0 saturated carbocycles. The maximum Gasteiger partial charge on any atom is 0.111 e. The van der Waals surface area contributed by atoms with Crippen LogP contribution in [0.5, 0.6) is 0 Å². The van der Waals surface area contributed by atoms with Gasteiger partial charge in [0.25, 0.3) is 0 Å². The molecule has 1 heterocycles. The first-order chi connectivity index (χ1) is 8.65. The second kappa shape index (κ2) is 4.52. The molecule has 3 rings (SSSR count). The number of hydrogen-bond acceptors (Lipinski definition) is 1. The van der Waals surface area contributed by atoms with Crippen molar-refractivity contribution in [1.29, 1.82) is 0 Å². The number of hydrogen-bond donors (Lipinski definition) is 0. The third-order valence-electron chi connectivity index (χ3n) is 2.87. The van der Waals surface area contributed by atoms with E-state index in [-0.39, 0.29) is 0 Å². The summed E-state index contributed by atoms with van der Waals surface area (Å²) in [4.78, 5) is 4.59. The Morgan fingerprint density at radius 3 is 2.33 bits per heavy atom. The van der Waals surface area contributed by atoms with E-state index in [0.29, 0.717) is 0 Å². The molecule has 2 aromatic carbocycles. The van der Waals surface area contributed by atoms with Crippen molar-refractivity contribution in [2.24, 2.45) is 0 Å². The number of rotatable bonds is 1. The van der Waals surface area contributed by atoms with Crippen molar-refractivity contribution >= 4 is 42.9 Å². The highest BCUT2D eigenvalue weighted by Crippen LogP contribution is 2.24. The number of fused-ring (bicyclic) bond motifs is 1. The zero-order valence-electron chi connectivity index (χ0n) is 9.69. The number of aryl methyl sites for hydroxylation is 1. The Morgan fingerprint density at radius 1 is 0.944 bits per heavy atom. The van der Waals surface area contributed by atoms with Crippen LogP contribution >= 0.6 is 31.9 Å². The Balaban J connectivity index is 2.28. The van der Waals surface area contributed by atoms with Gasteiger partial charge in [0.15, 0.2) is 0 Å². The van der Waals surface area contributed by atoms with E-state index in [0.717, 1.165) is 31.5 Å². The summed E-state index contributed by atoms with van der Waals surface area (Å²) in [6.45, 7) is 2.02. The zero-order valence-corrected chi connectivity index (χ0v) is 12.9. The Kier molecular flexibility index (Phi) is 2.99. The maximum absolute atomic E-state index is 4.59. The highest BCUT2D eigenvalue weighted by molar-refractivity contribution is 9.10. The van der Waals surface area contributed by atoms with Gasteiger partial charge in [-0.25, -0.2) is 4.98 Å². The van der Waals surface area contributed by atoms with Gasteiger partial charge in [-0.1, -0.05) is 31.9 Å². The molecule has 1 aromatic heterocycles. The van der Waals surface area contributed by atoms with E-state index in [2.05, 4.69) is 59.6 Å². The van der Waals surface area contributed by atoms with Crippen LogP contribution in [0.25, 0.3) is 16.7 Å². The first-order valence-electron chi connectivity index (χ1n) is 5.56. The monoisotopic (exact) mass is 364 g/mol. The number of nitrogens with zero attached hydrogens (tertiary/aromatic N) is 2. The first kappa shape index (κ1) is 11.9. The van der Waals surface area contributed by atoms with Crippen molar-refractivity contribution in [2.45, 2.75) is 6.92 Å². The van der Waals surface area contributed by atoms with Crippen LogP contribution in [0.4, 0.5) is 0 Å². The van der Waals surface area contributed by atoms with Crippen LogP contribution in [0.1, 0.15) is 5.82 Å². The lowest BCUT2D eigenvalue weighted by atomic mass is 10.3. The predicted octanol–water partition coefficient (Wildman–Crippen LogP) is 4.86. The van der Waals surface area contributed by atoms with E-state index in [4.69, 9.17) is 0 Å². The van der Waals surface area contributed by atoms with Crippen LogP contribution in [0.2, 0.25) is 0 Å². The summed E-state index contributed by atoms with van der Waals surface area (Å²) in [6, 6.07) is 14.4. The van der Waals surface area contributed by atoms with Gasteiger partial charge in [-0.2, -0.15) is 0 Å². The van der Waals surface area contributed by atoms with Crippen LogP contribution in [0.15, 0.2) is 51.4 Å². The predicted molar refractivity (Wildman–Crippen MR) is 81.2 cm³/mol. The van der Waals surface area contributed by atoms with E-state index in [1.807, 2.05) is 31.2 Å². The molecule has 0 amide bonds. The summed E-state index contributed by atoms with van der Waals surface area (Å²) in [5, 5.41) is 0. The summed E-state index contributed by atoms with van der Waals surface area (Å²) in [6.07, 6.45) is 0. The summed E-state index contributed by atoms with van der Waals surface area (Å²) in [7, 11) is 0. The normalized spacial score (nSPS) is 11.1. The molecule has 2 nitrogen and oxygen atoms in total. The molecule has 0 bridgehead atoms. The van der Waals surface area contributed by atoms with Gasteiger partial charge in [0.2, 0.25) is 0 Å². The third kappa shape index (κ3) is 1.99.